The van der Waals surface area contributed by atoms with Crippen LogP contribution in [-0.4, -0.2) is 8.07 Å². The highest BCUT2D eigenvalue weighted by Crippen LogP contribution is 2.17. The quantitative estimate of drug-likeness (QED) is 0.104. The molecule has 0 aliphatic rings. The molecule has 0 N–H and O–H groups in total. The van der Waals surface area contributed by atoms with Crippen LogP contribution in [0.4, 0.5) is 0 Å². The molecule has 0 atom stereocenters. The molecule has 0 aromatic heterocycles. The molecule has 1 heteroatoms. The first-order valence-electron chi connectivity index (χ1n) is 15.1. The first-order chi connectivity index (χ1) is 16.2. The van der Waals surface area contributed by atoms with Gasteiger partial charge in [-0.2, -0.15) is 0 Å². The molecule has 33 heavy (non-hydrogen) atoms. The van der Waals surface area contributed by atoms with E-state index in [2.05, 4.69) is 56.4 Å². The van der Waals surface area contributed by atoms with E-state index in [1.165, 1.54) is 141 Å². The summed E-state index contributed by atoms with van der Waals surface area (Å²) in [5.74, 6) is 0. The standard InChI is InChI=1S/C32H59Si/c1-4-5-6-7-8-9-10-11-12-13-14-15-16-17-18-19-20-21-22-23-24-28-31-33(2,3)32-29-26-25-27-30-32/h25-27,29-31H,4-24,28H2,1-3H3. The van der Waals surface area contributed by atoms with Crippen molar-refractivity contribution in [3.63, 3.8) is 0 Å². The largest absolute Gasteiger partial charge is 0.0836 e. The van der Waals surface area contributed by atoms with E-state index in [1.54, 1.807) is 5.19 Å². The first kappa shape index (κ1) is 30.5. The van der Waals surface area contributed by atoms with Crippen LogP contribution >= 0.6 is 0 Å². The molecular weight excluding hydrogens is 412 g/mol. The lowest BCUT2D eigenvalue weighted by Crippen LogP contribution is -2.42. The summed E-state index contributed by atoms with van der Waals surface area (Å²) in [4.78, 5) is 0. The fourth-order valence-electron chi connectivity index (χ4n) is 5.02. The number of rotatable bonds is 24. The first-order valence-corrected chi connectivity index (χ1v) is 18.1. The van der Waals surface area contributed by atoms with Crippen molar-refractivity contribution < 1.29 is 0 Å². The topological polar surface area (TPSA) is 0 Å². The van der Waals surface area contributed by atoms with Crippen molar-refractivity contribution in [2.24, 2.45) is 0 Å². The van der Waals surface area contributed by atoms with Crippen molar-refractivity contribution in [1.29, 1.82) is 0 Å². The van der Waals surface area contributed by atoms with Gasteiger partial charge in [0.15, 0.2) is 0 Å². The zero-order chi connectivity index (χ0) is 23.9. The van der Waals surface area contributed by atoms with E-state index in [1.807, 2.05) is 0 Å². The highest BCUT2D eigenvalue weighted by atomic mass is 28.3. The second-order valence-corrected chi connectivity index (χ2v) is 15.6. The van der Waals surface area contributed by atoms with Gasteiger partial charge < -0.3 is 0 Å². The lowest BCUT2D eigenvalue weighted by atomic mass is 10.0. The van der Waals surface area contributed by atoms with E-state index >= 15 is 0 Å². The fourth-order valence-corrected chi connectivity index (χ4v) is 7.24. The van der Waals surface area contributed by atoms with Gasteiger partial charge in [0.25, 0.3) is 0 Å². The molecule has 0 nitrogen and oxygen atoms in total. The van der Waals surface area contributed by atoms with Gasteiger partial charge in [0.1, 0.15) is 0 Å². The van der Waals surface area contributed by atoms with Gasteiger partial charge >= 0.3 is 0 Å². The Labute approximate surface area is 210 Å². The van der Waals surface area contributed by atoms with Crippen LogP contribution in [0.3, 0.4) is 0 Å². The Kier molecular flexibility index (Phi) is 20.3. The lowest BCUT2D eigenvalue weighted by Gasteiger charge is -2.22. The molecule has 0 unspecified atom stereocenters. The molecule has 1 rings (SSSR count). The second kappa shape index (κ2) is 21.9. The minimum atomic E-state index is -1.32. The number of hydrogen-bond acceptors (Lipinski definition) is 0. The van der Waals surface area contributed by atoms with Crippen molar-refractivity contribution in [3.8, 4) is 0 Å². The van der Waals surface area contributed by atoms with Crippen molar-refractivity contribution in [2.75, 3.05) is 0 Å². The summed E-state index contributed by atoms with van der Waals surface area (Å²) in [6.45, 7) is 7.28. The smallest absolute Gasteiger partial charge is 0.0654 e. The van der Waals surface area contributed by atoms with Gasteiger partial charge in [0, 0.05) is 0 Å². The molecule has 0 saturated carbocycles. The third-order valence-electron chi connectivity index (χ3n) is 7.48. The highest BCUT2D eigenvalue weighted by Gasteiger charge is 2.22. The molecular formula is C32H59Si. The van der Waals surface area contributed by atoms with Crippen molar-refractivity contribution >= 4 is 13.3 Å². The molecule has 191 valence electrons. The van der Waals surface area contributed by atoms with Crippen LogP contribution in [0.25, 0.3) is 0 Å². The molecule has 0 spiro atoms. The zero-order valence-electron chi connectivity index (χ0n) is 23.0. The molecule has 1 aromatic carbocycles. The van der Waals surface area contributed by atoms with Crippen LogP contribution < -0.4 is 5.19 Å². The third-order valence-corrected chi connectivity index (χ3v) is 10.6. The Hall–Kier alpha value is -0.563. The second-order valence-electron chi connectivity index (χ2n) is 11.2. The van der Waals surface area contributed by atoms with Crippen LogP contribution in [-0.2, 0) is 0 Å². The molecule has 0 aliphatic carbocycles. The van der Waals surface area contributed by atoms with E-state index in [0.717, 1.165) is 0 Å². The zero-order valence-corrected chi connectivity index (χ0v) is 24.0. The molecule has 0 amide bonds. The van der Waals surface area contributed by atoms with E-state index < -0.39 is 8.07 Å². The predicted octanol–water partition coefficient (Wildman–Crippen LogP) is 10.9. The van der Waals surface area contributed by atoms with Gasteiger partial charge in [-0.1, -0.05) is 197 Å². The molecule has 1 radical (unpaired) electrons. The summed E-state index contributed by atoms with van der Waals surface area (Å²) in [6, 6.07) is 13.8. The lowest BCUT2D eigenvalue weighted by molar-refractivity contribution is 0.520. The number of benzene rings is 1. The van der Waals surface area contributed by atoms with Crippen LogP contribution in [0.2, 0.25) is 13.1 Å². The van der Waals surface area contributed by atoms with Gasteiger partial charge in [-0.15, -0.1) is 0 Å². The van der Waals surface area contributed by atoms with Crippen LogP contribution in [0.1, 0.15) is 148 Å². The van der Waals surface area contributed by atoms with Gasteiger partial charge in [0.05, 0.1) is 8.07 Å². The maximum atomic E-state index is 2.66. The molecule has 0 fully saturated rings. The average molecular weight is 472 g/mol. The molecule has 0 bridgehead atoms. The Balaban J connectivity index is 1.74. The van der Waals surface area contributed by atoms with Crippen LogP contribution in [0.5, 0.6) is 0 Å². The van der Waals surface area contributed by atoms with Crippen molar-refractivity contribution in [2.45, 2.75) is 161 Å². The van der Waals surface area contributed by atoms with Crippen LogP contribution in [0, 0.1) is 6.04 Å². The summed E-state index contributed by atoms with van der Waals surface area (Å²) < 4.78 is 0. The van der Waals surface area contributed by atoms with Gasteiger partial charge in [0.2, 0.25) is 0 Å². The Morgan fingerprint density at radius 2 is 0.818 bits per heavy atom. The fraction of sp³-hybridized carbons (Fsp3) is 0.781. The summed E-state index contributed by atoms with van der Waals surface area (Å²) >= 11 is 0. The SMILES string of the molecule is CCCCCCCCCCCCCCCCCCCCCCC[CH][Si](C)(C)c1ccccc1. The molecule has 0 heterocycles. The number of unbranched alkanes of at least 4 members (excludes halogenated alkanes) is 21. The van der Waals surface area contributed by atoms with E-state index in [9.17, 15) is 0 Å². The molecule has 1 aromatic rings. The van der Waals surface area contributed by atoms with Crippen molar-refractivity contribution in [1.82, 2.24) is 0 Å². The van der Waals surface area contributed by atoms with E-state index in [-0.39, 0.29) is 0 Å². The van der Waals surface area contributed by atoms with Gasteiger partial charge in [-0.3, -0.25) is 0 Å². The maximum absolute atomic E-state index is 2.66. The maximum Gasteiger partial charge on any atom is 0.0836 e. The minimum Gasteiger partial charge on any atom is -0.0654 e. The highest BCUT2D eigenvalue weighted by molar-refractivity contribution is 6.92. The normalized spacial score (nSPS) is 11.8. The van der Waals surface area contributed by atoms with E-state index in [0.29, 0.717) is 0 Å². The Morgan fingerprint density at radius 3 is 1.18 bits per heavy atom. The monoisotopic (exact) mass is 471 g/mol. The minimum absolute atomic E-state index is 1.31. The Bertz CT molecular complexity index is 506. The van der Waals surface area contributed by atoms with Gasteiger partial charge in [-0.05, 0) is 6.04 Å². The third kappa shape index (κ3) is 18.4. The van der Waals surface area contributed by atoms with Crippen molar-refractivity contribution in [3.05, 3.63) is 36.4 Å². The average Bonchev–Trinajstić information content (AvgIpc) is 2.83. The predicted molar refractivity (Wildman–Crippen MR) is 155 cm³/mol. The van der Waals surface area contributed by atoms with Gasteiger partial charge in [-0.25, -0.2) is 0 Å². The summed E-state index contributed by atoms with van der Waals surface area (Å²) in [6.07, 6.45) is 32.0. The van der Waals surface area contributed by atoms with E-state index in [4.69, 9.17) is 0 Å². The summed E-state index contributed by atoms with van der Waals surface area (Å²) in [5.41, 5.74) is 0. The molecule has 0 aliphatic heterocycles. The number of hydrogen-bond donors (Lipinski definition) is 0. The van der Waals surface area contributed by atoms with Crippen LogP contribution in [0.15, 0.2) is 30.3 Å². The molecule has 0 saturated heterocycles. The summed E-state index contributed by atoms with van der Waals surface area (Å²) in [7, 11) is -1.32. The summed E-state index contributed by atoms with van der Waals surface area (Å²) in [5, 5.41) is 1.58. The Morgan fingerprint density at radius 1 is 0.485 bits per heavy atom.